The molecule has 1 aromatic heterocycles. The van der Waals surface area contributed by atoms with Crippen molar-refractivity contribution in [1.82, 2.24) is 15.0 Å². The Kier molecular flexibility index (Phi) is 5.56. The van der Waals surface area contributed by atoms with Crippen LogP contribution in [0.5, 0.6) is 11.5 Å². The zero-order valence-corrected chi connectivity index (χ0v) is 17.2. The molecule has 2 aromatic carbocycles. The van der Waals surface area contributed by atoms with Crippen LogP contribution < -0.4 is 14.8 Å². The van der Waals surface area contributed by atoms with Crippen LogP contribution in [0.4, 0.5) is 10.5 Å². The number of anilines is 1. The molecule has 1 aliphatic rings. The molecule has 1 N–H and O–H groups in total. The maximum atomic E-state index is 13.0. The molecule has 4 rings (SSSR count). The summed E-state index contributed by atoms with van der Waals surface area (Å²) < 4.78 is 16.3. The average Bonchev–Trinajstić information content (AvgIpc) is 3.43. The van der Waals surface area contributed by atoms with Crippen molar-refractivity contribution < 1.29 is 18.8 Å². The van der Waals surface area contributed by atoms with Gasteiger partial charge in [0.05, 0.1) is 25.5 Å². The highest BCUT2D eigenvalue weighted by molar-refractivity contribution is 5.91. The zero-order chi connectivity index (χ0) is 21.1. The van der Waals surface area contributed by atoms with Gasteiger partial charge in [-0.1, -0.05) is 23.4 Å². The Morgan fingerprint density at radius 3 is 2.77 bits per heavy atom. The number of nitrogens with one attached hydrogen (secondary N) is 1. The number of methoxy groups -OCH3 is 2. The van der Waals surface area contributed by atoms with Gasteiger partial charge in [0.1, 0.15) is 17.5 Å². The van der Waals surface area contributed by atoms with E-state index >= 15 is 0 Å². The van der Waals surface area contributed by atoms with Crippen molar-refractivity contribution in [2.45, 2.75) is 25.8 Å². The number of carbonyl (C=O) groups is 1. The summed E-state index contributed by atoms with van der Waals surface area (Å²) in [4.78, 5) is 19.3. The van der Waals surface area contributed by atoms with Crippen LogP contribution in [0.3, 0.4) is 0 Å². The number of hydrogen-bond acceptors (Lipinski definition) is 6. The first kappa shape index (κ1) is 19.8. The largest absolute Gasteiger partial charge is 0.496 e. The minimum absolute atomic E-state index is 0.224. The lowest BCUT2D eigenvalue weighted by molar-refractivity contribution is 0.193. The van der Waals surface area contributed by atoms with Gasteiger partial charge < -0.3 is 24.2 Å². The smallest absolute Gasteiger partial charge is 0.322 e. The number of para-hydroxylation sites is 1. The van der Waals surface area contributed by atoms with Crippen molar-refractivity contribution in [2.75, 3.05) is 26.1 Å². The fourth-order valence-electron chi connectivity index (χ4n) is 3.68. The molecular weight excluding hydrogens is 384 g/mol. The van der Waals surface area contributed by atoms with Crippen LogP contribution in [0.2, 0.25) is 0 Å². The summed E-state index contributed by atoms with van der Waals surface area (Å²) in [5.41, 5.74) is 2.41. The van der Waals surface area contributed by atoms with Crippen molar-refractivity contribution in [3.8, 4) is 22.9 Å². The van der Waals surface area contributed by atoms with E-state index in [0.29, 0.717) is 35.4 Å². The molecule has 1 unspecified atom stereocenters. The van der Waals surface area contributed by atoms with Gasteiger partial charge in [-0.3, -0.25) is 0 Å². The monoisotopic (exact) mass is 408 g/mol. The van der Waals surface area contributed by atoms with Crippen LogP contribution in [-0.4, -0.2) is 41.8 Å². The second kappa shape index (κ2) is 8.44. The maximum Gasteiger partial charge on any atom is 0.322 e. The summed E-state index contributed by atoms with van der Waals surface area (Å²) in [6.07, 6.45) is 1.61. The first-order valence-corrected chi connectivity index (χ1v) is 9.80. The molecule has 156 valence electrons. The highest BCUT2D eigenvalue weighted by atomic mass is 16.5. The quantitative estimate of drug-likeness (QED) is 0.672. The highest BCUT2D eigenvalue weighted by Gasteiger charge is 2.34. The first-order chi connectivity index (χ1) is 14.6. The number of nitrogens with zero attached hydrogens (tertiary/aromatic N) is 3. The molecule has 2 amide bonds. The molecule has 1 fully saturated rings. The van der Waals surface area contributed by atoms with E-state index in [2.05, 4.69) is 15.5 Å². The molecule has 0 saturated carbocycles. The minimum atomic E-state index is -0.281. The number of benzene rings is 2. The Morgan fingerprint density at radius 1 is 1.17 bits per heavy atom. The Morgan fingerprint density at radius 2 is 1.97 bits per heavy atom. The number of likely N-dealkylation sites (tertiary alicyclic amines) is 1. The Bertz CT molecular complexity index is 1050. The van der Waals surface area contributed by atoms with Crippen LogP contribution in [-0.2, 0) is 0 Å². The maximum absolute atomic E-state index is 13.0. The number of aryl methyl sites for hydroxylation is 1. The molecule has 1 atom stereocenters. The summed E-state index contributed by atoms with van der Waals surface area (Å²) >= 11 is 0. The second-order valence-electron chi connectivity index (χ2n) is 7.14. The molecular formula is C22H24N4O4. The van der Waals surface area contributed by atoms with E-state index < -0.39 is 0 Å². The predicted molar refractivity (Wildman–Crippen MR) is 112 cm³/mol. The molecule has 0 radical (unpaired) electrons. The number of hydrogen-bond donors (Lipinski definition) is 1. The van der Waals surface area contributed by atoms with E-state index in [4.69, 9.17) is 14.0 Å². The van der Waals surface area contributed by atoms with Gasteiger partial charge in [-0.05, 0) is 49.6 Å². The van der Waals surface area contributed by atoms with Gasteiger partial charge >= 0.3 is 6.03 Å². The third kappa shape index (κ3) is 3.80. The highest BCUT2D eigenvalue weighted by Crippen LogP contribution is 2.35. The molecule has 0 aliphatic carbocycles. The van der Waals surface area contributed by atoms with Crippen molar-refractivity contribution in [2.24, 2.45) is 0 Å². The topological polar surface area (TPSA) is 89.7 Å². The van der Waals surface area contributed by atoms with Crippen LogP contribution >= 0.6 is 0 Å². The van der Waals surface area contributed by atoms with E-state index in [1.54, 1.807) is 19.1 Å². The SMILES string of the molecule is COc1ccc(C)cc1NC(=O)N1CCCC1c1nc(-c2ccccc2OC)no1. The van der Waals surface area contributed by atoms with Gasteiger partial charge in [0.2, 0.25) is 11.7 Å². The van der Waals surface area contributed by atoms with Crippen molar-refractivity contribution in [1.29, 1.82) is 0 Å². The van der Waals surface area contributed by atoms with Gasteiger partial charge in [-0.2, -0.15) is 4.98 Å². The molecule has 30 heavy (non-hydrogen) atoms. The van der Waals surface area contributed by atoms with E-state index in [-0.39, 0.29) is 12.1 Å². The molecule has 0 bridgehead atoms. The summed E-state index contributed by atoms with van der Waals surface area (Å²) in [6, 6.07) is 12.6. The van der Waals surface area contributed by atoms with E-state index in [9.17, 15) is 4.79 Å². The molecule has 1 aliphatic heterocycles. The van der Waals surface area contributed by atoms with Gasteiger partial charge in [0.25, 0.3) is 0 Å². The lowest BCUT2D eigenvalue weighted by Crippen LogP contribution is -2.34. The lowest BCUT2D eigenvalue weighted by Gasteiger charge is -2.23. The van der Waals surface area contributed by atoms with E-state index in [1.807, 2.05) is 49.4 Å². The molecule has 1 saturated heterocycles. The Balaban J connectivity index is 1.55. The van der Waals surface area contributed by atoms with Gasteiger partial charge in [-0.15, -0.1) is 0 Å². The van der Waals surface area contributed by atoms with Crippen LogP contribution in [0.15, 0.2) is 47.0 Å². The minimum Gasteiger partial charge on any atom is -0.496 e. The van der Waals surface area contributed by atoms with Gasteiger partial charge in [-0.25, -0.2) is 4.79 Å². The normalized spacial score (nSPS) is 15.8. The van der Waals surface area contributed by atoms with Crippen molar-refractivity contribution >= 4 is 11.7 Å². The van der Waals surface area contributed by atoms with Crippen molar-refractivity contribution in [3.05, 3.63) is 53.9 Å². The second-order valence-corrected chi connectivity index (χ2v) is 7.14. The summed E-state index contributed by atoms with van der Waals surface area (Å²) in [5.74, 6) is 2.13. The summed E-state index contributed by atoms with van der Waals surface area (Å²) in [5, 5.41) is 7.06. The predicted octanol–water partition coefficient (Wildman–Crippen LogP) is 4.43. The van der Waals surface area contributed by atoms with E-state index in [1.165, 1.54) is 0 Å². The fourth-order valence-corrected chi connectivity index (χ4v) is 3.68. The van der Waals surface area contributed by atoms with Crippen LogP contribution in [0.25, 0.3) is 11.4 Å². The lowest BCUT2D eigenvalue weighted by atomic mass is 10.2. The summed E-state index contributed by atoms with van der Waals surface area (Å²) in [6.45, 7) is 2.57. The number of ether oxygens (including phenoxy) is 2. The summed E-state index contributed by atoms with van der Waals surface area (Å²) in [7, 11) is 3.18. The molecule has 8 nitrogen and oxygen atoms in total. The first-order valence-electron chi connectivity index (χ1n) is 9.80. The number of rotatable bonds is 5. The van der Waals surface area contributed by atoms with Crippen LogP contribution in [0, 0.1) is 6.92 Å². The number of aromatic nitrogens is 2. The average molecular weight is 408 g/mol. The number of amides is 2. The van der Waals surface area contributed by atoms with Crippen LogP contribution in [0.1, 0.15) is 30.3 Å². The number of urea groups is 1. The Labute approximate surface area is 174 Å². The molecule has 0 spiro atoms. The van der Waals surface area contributed by atoms with Gasteiger partial charge in [0.15, 0.2) is 0 Å². The third-order valence-electron chi connectivity index (χ3n) is 5.18. The molecule has 2 heterocycles. The van der Waals surface area contributed by atoms with E-state index in [0.717, 1.165) is 24.0 Å². The Hall–Kier alpha value is -3.55. The zero-order valence-electron chi connectivity index (χ0n) is 17.2. The molecule has 3 aromatic rings. The van der Waals surface area contributed by atoms with Gasteiger partial charge in [0, 0.05) is 6.54 Å². The standard InChI is InChI=1S/C22H24N4O4/c1-14-10-11-19(29-3)16(13-14)23-22(27)26-12-6-8-17(26)21-24-20(25-30-21)15-7-4-5-9-18(15)28-2/h4-5,7,9-11,13,17H,6,8,12H2,1-3H3,(H,23,27). The molecule has 8 heteroatoms. The van der Waals surface area contributed by atoms with Crippen molar-refractivity contribution in [3.63, 3.8) is 0 Å². The fraction of sp³-hybridized carbons (Fsp3) is 0.318. The third-order valence-corrected chi connectivity index (χ3v) is 5.18. The number of carbonyl (C=O) groups excluding carboxylic acids is 1.